The van der Waals surface area contributed by atoms with Gasteiger partial charge in [0.05, 0.1) is 16.4 Å². The van der Waals surface area contributed by atoms with Crippen LogP contribution in [0.2, 0.25) is 0 Å². The topological polar surface area (TPSA) is 82.8 Å². The molecule has 3 heterocycles. The van der Waals surface area contributed by atoms with E-state index in [4.69, 9.17) is 0 Å². The number of non-ortho nitro benzene ring substituents is 1. The maximum atomic E-state index is 13.4. The average molecular weight is 463 g/mol. The monoisotopic (exact) mass is 463 g/mol. The zero-order chi connectivity index (χ0) is 23.6. The van der Waals surface area contributed by atoms with Crippen molar-refractivity contribution < 1.29 is 22.9 Å². The van der Waals surface area contributed by atoms with Crippen LogP contribution in [0.4, 0.5) is 30.4 Å². The summed E-state index contributed by atoms with van der Waals surface area (Å²) in [6.07, 6.45) is -1.92. The molecule has 11 heteroatoms. The lowest BCUT2D eigenvalue weighted by Gasteiger charge is -2.40. The van der Waals surface area contributed by atoms with Gasteiger partial charge in [-0.3, -0.25) is 14.9 Å². The zero-order valence-corrected chi connectivity index (χ0v) is 17.9. The number of nitro benzene ring substituents is 1. The summed E-state index contributed by atoms with van der Waals surface area (Å²) in [5.41, 5.74) is 0.0946. The van der Waals surface area contributed by atoms with Crippen molar-refractivity contribution in [2.75, 3.05) is 49.1 Å². The number of benzene rings is 1. The van der Waals surface area contributed by atoms with Crippen LogP contribution in [0.5, 0.6) is 0 Å². The molecule has 0 aliphatic carbocycles. The Morgan fingerprint density at radius 1 is 1.03 bits per heavy atom. The number of nitrogens with zero attached hydrogens (tertiary/aromatic N) is 5. The number of carbonyl (C=O) groups is 1. The van der Waals surface area contributed by atoms with Gasteiger partial charge in [-0.15, -0.1) is 0 Å². The number of alkyl halides is 3. The van der Waals surface area contributed by atoms with Gasteiger partial charge >= 0.3 is 6.18 Å². The Balaban J connectivity index is 1.38. The van der Waals surface area contributed by atoms with E-state index >= 15 is 0 Å². The summed E-state index contributed by atoms with van der Waals surface area (Å²) in [4.78, 5) is 32.9. The molecular formula is C22H24F3N5O3. The van der Waals surface area contributed by atoms with E-state index in [1.54, 1.807) is 21.9 Å². The average Bonchev–Trinajstić information content (AvgIpc) is 2.83. The highest BCUT2D eigenvalue weighted by Crippen LogP contribution is 2.36. The predicted molar refractivity (Wildman–Crippen MR) is 116 cm³/mol. The fourth-order valence-electron chi connectivity index (χ4n) is 4.47. The van der Waals surface area contributed by atoms with E-state index in [-0.39, 0.29) is 29.9 Å². The fraction of sp³-hybridized carbons (Fsp3) is 0.455. The van der Waals surface area contributed by atoms with Crippen molar-refractivity contribution in [3.63, 3.8) is 0 Å². The van der Waals surface area contributed by atoms with Gasteiger partial charge in [0.2, 0.25) is 5.91 Å². The molecule has 2 aromatic rings. The molecule has 2 aliphatic heterocycles. The predicted octanol–water partition coefficient (Wildman–Crippen LogP) is 3.57. The van der Waals surface area contributed by atoms with Crippen LogP contribution in [0.1, 0.15) is 18.4 Å². The van der Waals surface area contributed by atoms with Crippen LogP contribution in [0, 0.1) is 16.0 Å². The lowest BCUT2D eigenvalue weighted by Crippen LogP contribution is -2.52. The lowest BCUT2D eigenvalue weighted by atomic mass is 9.95. The summed E-state index contributed by atoms with van der Waals surface area (Å²) >= 11 is 0. The number of carbonyl (C=O) groups excluding carboxylic acids is 1. The van der Waals surface area contributed by atoms with E-state index < -0.39 is 16.7 Å². The van der Waals surface area contributed by atoms with Gasteiger partial charge in [0, 0.05) is 63.3 Å². The van der Waals surface area contributed by atoms with Crippen LogP contribution in [0.15, 0.2) is 42.6 Å². The Hall–Kier alpha value is -3.37. The van der Waals surface area contributed by atoms with Crippen LogP contribution >= 0.6 is 0 Å². The molecular weight excluding hydrogens is 439 g/mol. The first-order valence-corrected chi connectivity index (χ1v) is 10.8. The van der Waals surface area contributed by atoms with E-state index in [2.05, 4.69) is 9.88 Å². The first kappa shape index (κ1) is 22.8. The maximum Gasteiger partial charge on any atom is 0.419 e. The number of halogens is 3. The van der Waals surface area contributed by atoms with Crippen LogP contribution in [0.25, 0.3) is 0 Å². The number of nitro groups is 1. The normalized spacial score (nSPS) is 19.5. The maximum absolute atomic E-state index is 13.4. The molecule has 1 aromatic carbocycles. The molecule has 1 aromatic heterocycles. The Morgan fingerprint density at radius 3 is 2.36 bits per heavy atom. The molecule has 176 valence electrons. The summed E-state index contributed by atoms with van der Waals surface area (Å²) in [6.45, 7) is 2.78. The Morgan fingerprint density at radius 2 is 1.73 bits per heavy atom. The molecule has 1 atom stereocenters. The molecule has 33 heavy (non-hydrogen) atoms. The van der Waals surface area contributed by atoms with Gasteiger partial charge in [-0.05, 0) is 37.1 Å². The molecule has 8 nitrogen and oxygen atoms in total. The van der Waals surface area contributed by atoms with Crippen molar-refractivity contribution in [2.45, 2.75) is 19.0 Å². The first-order chi connectivity index (χ1) is 15.7. The van der Waals surface area contributed by atoms with Gasteiger partial charge in [0.15, 0.2) is 0 Å². The zero-order valence-electron chi connectivity index (χ0n) is 17.9. The molecule has 2 saturated heterocycles. The number of rotatable bonds is 4. The van der Waals surface area contributed by atoms with Crippen LogP contribution < -0.4 is 9.80 Å². The minimum atomic E-state index is -4.51. The van der Waals surface area contributed by atoms with E-state index in [0.29, 0.717) is 45.6 Å². The summed E-state index contributed by atoms with van der Waals surface area (Å²) in [6, 6.07) is 8.58. The van der Waals surface area contributed by atoms with E-state index in [0.717, 1.165) is 11.8 Å². The molecule has 2 fully saturated rings. The second kappa shape index (κ2) is 9.24. The van der Waals surface area contributed by atoms with Gasteiger partial charge in [0.25, 0.3) is 5.69 Å². The minimum absolute atomic E-state index is 0.0241. The van der Waals surface area contributed by atoms with Crippen molar-refractivity contribution in [2.24, 2.45) is 5.92 Å². The van der Waals surface area contributed by atoms with Crippen molar-refractivity contribution in [3.8, 4) is 0 Å². The van der Waals surface area contributed by atoms with E-state index in [1.807, 2.05) is 0 Å². The molecule has 4 rings (SSSR count). The summed E-state index contributed by atoms with van der Waals surface area (Å²) < 4.78 is 40.2. The highest BCUT2D eigenvalue weighted by atomic mass is 19.4. The number of pyridine rings is 1. The smallest absolute Gasteiger partial charge is 0.368 e. The highest BCUT2D eigenvalue weighted by Gasteiger charge is 2.38. The Kier molecular flexibility index (Phi) is 6.39. The molecule has 1 unspecified atom stereocenters. The summed E-state index contributed by atoms with van der Waals surface area (Å²) in [5.74, 6) is -0.550. The molecule has 2 aliphatic rings. The van der Waals surface area contributed by atoms with Gasteiger partial charge in [-0.25, -0.2) is 4.98 Å². The molecule has 0 N–H and O–H groups in total. The minimum Gasteiger partial charge on any atom is -0.368 e. The van der Waals surface area contributed by atoms with E-state index in [1.165, 1.54) is 24.4 Å². The third-order valence-electron chi connectivity index (χ3n) is 6.18. The molecule has 0 bridgehead atoms. The SMILES string of the molecule is O=C(C1CCCN(c2ncccc2C(F)(F)F)C1)N1CCN(c2ccc([N+](=O)[O-])cc2)CC1. The molecule has 0 saturated carbocycles. The number of aromatic nitrogens is 1. The van der Waals surface area contributed by atoms with Gasteiger partial charge in [-0.1, -0.05) is 0 Å². The van der Waals surface area contributed by atoms with Crippen LogP contribution in [-0.4, -0.2) is 60.0 Å². The van der Waals surface area contributed by atoms with Gasteiger partial charge in [0.1, 0.15) is 5.82 Å². The van der Waals surface area contributed by atoms with Crippen molar-refractivity contribution in [1.29, 1.82) is 0 Å². The Labute approximate surface area is 188 Å². The number of hydrogen-bond donors (Lipinski definition) is 0. The van der Waals surface area contributed by atoms with Gasteiger partial charge < -0.3 is 14.7 Å². The fourth-order valence-corrected chi connectivity index (χ4v) is 4.47. The molecule has 0 radical (unpaired) electrons. The largest absolute Gasteiger partial charge is 0.419 e. The van der Waals surface area contributed by atoms with Crippen molar-refractivity contribution >= 4 is 23.1 Å². The van der Waals surface area contributed by atoms with Gasteiger partial charge in [-0.2, -0.15) is 13.2 Å². The quantitative estimate of drug-likeness (QED) is 0.509. The third kappa shape index (κ3) is 5.01. The first-order valence-electron chi connectivity index (χ1n) is 10.8. The Bertz CT molecular complexity index is 1010. The molecule has 0 spiro atoms. The molecule has 1 amide bonds. The lowest BCUT2D eigenvalue weighted by molar-refractivity contribution is -0.384. The van der Waals surface area contributed by atoms with Crippen LogP contribution in [-0.2, 0) is 11.0 Å². The number of piperazine rings is 1. The number of piperidine rings is 1. The van der Waals surface area contributed by atoms with E-state index in [9.17, 15) is 28.1 Å². The third-order valence-corrected chi connectivity index (χ3v) is 6.18. The number of amides is 1. The summed E-state index contributed by atoms with van der Waals surface area (Å²) in [5, 5.41) is 10.8. The van der Waals surface area contributed by atoms with Crippen LogP contribution in [0.3, 0.4) is 0 Å². The standard InChI is InChI=1S/C22H24F3N5O3/c23-22(24,25)19-4-1-9-26-20(19)29-10-2-3-16(15-29)21(31)28-13-11-27(12-14-28)17-5-7-18(8-6-17)30(32)33/h1,4-9,16H,2-3,10-15H2. The van der Waals surface area contributed by atoms with Crippen molar-refractivity contribution in [3.05, 3.63) is 58.3 Å². The number of hydrogen-bond acceptors (Lipinski definition) is 6. The second-order valence-electron chi connectivity index (χ2n) is 8.24. The summed E-state index contributed by atoms with van der Waals surface area (Å²) in [7, 11) is 0. The van der Waals surface area contributed by atoms with Crippen molar-refractivity contribution in [1.82, 2.24) is 9.88 Å². The number of anilines is 2. The highest BCUT2D eigenvalue weighted by molar-refractivity contribution is 5.80. The second-order valence-corrected chi connectivity index (χ2v) is 8.24.